The zero-order chi connectivity index (χ0) is 27.4. The third kappa shape index (κ3) is 6.21. The first kappa shape index (κ1) is 26.9. The second-order valence-corrected chi connectivity index (χ2v) is 9.99. The van der Waals surface area contributed by atoms with Crippen LogP contribution in [0.4, 0.5) is 19.7 Å². The number of carbonyl (C=O) groups is 4. The molecule has 0 aliphatic carbocycles. The Morgan fingerprint density at radius 1 is 0.974 bits per heavy atom. The predicted octanol–water partition coefficient (Wildman–Crippen LogP) is 3.70. The van der Waals surface area contributed by atoms with Crippen molar-refractivity contribution in [3.63, 3.8) is 0 Å². The second-order valence-electron chi connectivity index (χ2n) is 9.99. The summed E-state index contributed by atoms with van der Waals surface area (Å²) in [4.78, 5) is 54.0. The molecule has 2 aromatic rings. The van der Waals surface area contributed by atoms with Gasteiger partial charge in [-0.25, -0.2) is 18.8 Å². The van der Waals surface area contributed by atoms with E-state index < -0.39 is 41.5 Å². The van der Waals surface area contributed by atoms with Crippen molar-refractivity contribution in [1.82, 2.24) is 9.80 Å². The summed E-state index contributed by atoms with van der Waals surface area (Å²) in [5.74, 6) is -1.75. The smallest absolute Gasteiger partial charge is 0.414 e. The molecule has 0 bridgehead atoms. The summed E-state index contributed by atoms with van der Waals surface area (Å²) in [7, 11) is 0. The molecule has 11 heteroatoms. The standard InChI is InChI=1S/C27H30FN3O7/c1-27(2,3)38-25(34)30-13-11-29(12-14-30)23(32)19-9-10-22(21(28)15-19)31-20(17-37-26(31)35)16-36-24(33)18-7-5-4-6-8-18/h4-10,15,20H,11-14,16-17H2,1-3H3. The number of amides is 3. The van der Waals surface area contributed by atoms with Crippen LogP contribution in [-0.2, 0) is 14.2 Å². The number of benzene rings is 2. The van der Waals surface area contributed by atoms with E-state index in [2.05, 4.69) is 0 Å². The number of piperazine rings is 1. The molecule has 0 saturated carbocycles. The molecule has 0 aromatic heterocycles. The van der Waals surface area contributed by atoms with Gasteiger partial charge in [-0.05, 0) is 51.1 Å². The largest absolute Gasteiger partial charge is 0.460 e. The fraction of sp³-hybridized carbons (Fsp3) is 0.407. The zero-order valence-corrected chi connectivity index (χ0v) is 21.5. The molecule has 0 spiro atoms. The summed E-state index contributed by atoms with van der Waals surface area (Å²) in [6.45, 7) is 6.21. The molecular weight excluding hydrogens is 497 g/mol. The molecule has 0 N–H and O–H groups in total. The molecule has 2 saturated heterocycles. The van der Waals surface area contributed by atoms with Gasteiger partial charge in [-0.2, -0.15) is 0 Å². The molecule has 2 aliphatic heterocycles. The Bertz CT molecular complexity index is 1210. The quantitative estimate of drug-likeness (QED) is 0.431. The minimum atomic E-state index is -0.790. The van der Waals surface area contributed by atoms with Crippen LogP contribution < -0.4 is 4.90 Å². The Kier molecular flexibility index (Phi) is 7.84. The normalized spacial score (nSPS) is 17.7. The Labute approximate surface area is 219 Å². The lowest BCUT2D eigenvalue weighted by molar-refractivity contribution is 0.0140. The zero-order valence-electron chi connectivity index (χ0n) is 21.5. The number of hydrogen-bond donors (Lipinski definition) is 0. The van der Waals surface area contributed by atoms with Crippen LogP contribution in [0.25, 0.3) is 0 Å². The number of nitrogens with zero attached hydrogens (tertiary/aromatic N) is 3. The maximum atomic E-state index is 15.2. The number of halogens is 1. The topological polar surface area (TPSA) is 106 Å². The van der Waals surface area contributed by atoms with E-state index in [9.17, 15) is 19.2 Å². The lowest BCUT2D eigenvalue weighted by Gasteiger charge is -2.35. The van der Waals surface area contributed by atoms with Crippen molar-refractivity contribution in [2.75, 3.05) is 44.3 Å². The Hall–Kier alpha value is -4.15. The molecule has 0 radical (unpaired) electrons. The van der Waals surface area contributed by atoms with Gasteiger partial charge in [0.15, 0.2) is 0 Å². The van der Waals surface area contributed by atoms with Gasteiger partial charge >= 0.3 is 18.2 Å². The van der Waals surface area contributed by atoms with E-state index in [-0.39, 0.29) is 37.6 Å². The van der Waals surface area contributed by atoms with E-state index >= 15 is 4.39 Å². The highest BCUT2D eigenvalue weighted by molar-refractivity contribution is 5.96. The average Bonchev–Trinajstić information content (AvgIpc) is 3.26. The summed E-state index contributed by atoms with van der Waals surface area (Å²) >= 11 is 0. The maximum absolute atomic E-state index is 15.2. The first-order chi connectivity index (χ1) is 18.0. The molecule has 4 rings (SSSR count). The molecule has 1 unspecified atom stereocenters. The number of hydrogen-bond acceptors (Lipinski definition) is 7. The van der Waals surface area contributed by atoms with Gasteiger partial charge in [-0.3, -0.25) is 9.69 Å². The molecule has 10 nitrogen and oxygen atoms in total. The highest BCUT2D eigenvalue weighted by Crippen LogP contribution is 2.28. The van der Waals surface area contributed by atoms with Crippen LogP contribution in [0.1, 0.15) is 41.5 Å². The lowest BCUT2D eigenvalue weighted by Crippen LogP contribution is -2.51. The van der Waals surface area contributed by atoms with Crippen molar-refractivity contribution < 1.29 is 37.8 Å². The minimum Gasteiger partial charge on any atom is -0.460 e. The van der Waals surface area contributed by atoms with Gasteiger partial charge in [-0.15, -0.1) is 0 Å². The third-order valence-corrected chi connectivity index (χ3v) is 6.05. The number of cyclic esters (lactones) is 1. The molecule has 3 amide bonds. The van der Waals surface area contributed by atoms with Crippen molar-refractivity contribution in [3.05, 3.63) is 65.5 Å². The fourth-order valence-corrected chi connectivity index (χ4v) is 4.14. The SMILES string of the molecule is CC(C)(C)OC(=O)N1CCN(C(=O)c2ccc(N3C(=O)OCC3COC(=O)c3ccccc3)c(F)c2)CC1. The van der Waals surface area contributed by atoms with Crippen LogP contribution in [-0.4, -0.2) is 84.9 Å². The minimum absolute atomic E-state index is 0.0804. The van der Waals surface area contributed by atoms with E-state index in [1.807, 2.05) is 0 Å². The highest BCUT2D eigenvalue weighted by atomic mass is 19.1. The van der Waals surface area contributed by atoms with Gasteiger partial charge in [0, 0.05) is 31.7 Å². The number of esters is 1. The summed E-state index contributed by atoms with van der Waals surface area (Å²) in [5, 5.41) is 0. The first-order valence-electron chi connectivity index (χ1n) is 12.3. The van der Waals surface area contributed by atoms with Crippen LogP contribution in [0.5, 0.6) is 0 Å². The van der Waals surface area contributed by atoms with Crippen LogP contribution in [0.2, 0.25) is 0 Å². The number of rotatable bonds is 5. The Morgan fingerprint density at radius 3 is 2.26 bits per heavy atom. The molecule has 2 heterocycles. The maximum Gasteiger partial charge on any atom is 0.414 e. The van der Waals surface area contributed by atoms with Crippen molar-refractivity contribution in [2.24, 2.45) is 0 Å². The number of ether oxygens (including phenoxy) is 3. The summed E-state index contributed by atoms with van der Waals surface area (Å²) in [6.07, 6.45) is -1.22. The second kappa shape index (κ2) is 11.1. The van der Waals surface area contributed by atoms with Crippen molar-refractivity contribution >= 4 is 29.8 Å². The summed E-state index contributed by atoms with van der Waals surface area (Å²) in [5.41, 5.74) is -0.241. The van der Waals surface area contributed by atoms with Crippen molar-refractivity contribution in [3.8, 4) is 0 Å². The molecule has 38 heavy (non-hydrogen) atoms. The first-order valence-corrected chi connectivity index (χ1v) is 12.3. The number of anilines is 1. The monoisotopic (exact) mass is 527 g/mol. The average molecular weight is 528 g/mol. The molecular formula is C27H30FN3O7. The van der Waals surface area contributed by atoms with Gasteiger partial charge in [0.1, 0.15) is 30.7 Å². The van der Waals surface area contributed by atoms with E-state index in [1.165, 1.54) is 21.9 Å². The lowest BCUT2D eigenvalue weighted by atomic mass is 10.1. The molecule has 2 aromatic carbocycles. The van der Waals surface area contributed by atoms with E-state index in [4.69, 9.17) is 14.2 Å². The highest BCUT2D eigenvalue weighted by Gasteiger charge is 2.37. The Morgan fingerprint density at radius 2 is 1.63 bits per heavy atom. The van der Waals surface area contributed by atoms with Crippen LogP contribution in [0, 0.1) is 5.82 Å². The molecule has 202 valence electrons. The molecule has 2 aliphatic rings. The molecule has 1 atom stereocenters. The van der Waals surface area contributed by atoms with Crippen molar-refractivity contribution in [1.29, 1.82) is 0 Å². The van der Waals surface area contributed by atoms with E-state index in [0.717, 1.165) is 11.0 Å². The van der Waals surface area contributed by atoms with Crippen LogP contribution >= 0.6 is 0 Å². The molecule has 2 fully saturated rings. The summed E-state index contributed by atoms with van der Waals surface area (Å²) in [6, 6.07) is 11.5. The third-order valence-electron chi connectivity index (χ3n) is 6.05. The fourth-order valence-electron chi connectivity index (χ4n) is 4.14. The van der Waals surface area contributed by atoms with Gasteiger partial charge in [0.25, 0.3) is 5.91 Å². The van der Waals surface area contributed by atoms with Gasteiger partial charge in [0.05, 0.1) is 11.3 Å². The van der Waals surface area contributed by atoms with Crippen LogP contribution in [0.3, 0.4) is 0 Å². The predicted molar refractivity (Wildman–Crippen MR) is 134 cm³/mol. The van der Waals surface area contributed by atoms with E-state index in [0.29, 0.717) is 18.7 Å². The van der Waals surface area contributed by atoms with Gasteiger partial charge in [-0.1, -0.05) is 18.2 Å². The van der Waals surface area contributed by atoms with Crippen molar-refractivity contribution in [2.45, 2.75) is 32.4 Å². The van der Waals surface area contributed by atoms with Crippen LogP contribution in [0.15, 0.2) is 48.5 Å². The van der Waals surface area contributed by atoms with Gasteiger partial charge in [0.2, 0.25) is 0 Å². The van der Waals surface area contributed by atoms with Gasteiger partial charge < -0.3 is 24.0 Å². The Balaban J connectivity index is 1.38. The number of carbonyl (C=O) groups excluding carboxylic acids is 4. The summed E-state index contributed by atoms with van der Waals surface area (Å²) < 4.78 is 30.9. The van der Waals surface area contributed by atoms with E-state index in [1.54, 1.807) is 51.1 Å².